The number of hydrogen-bond acceptors (Lipinski definition) is 49. The van der Waals surface area contributed by atoms with Crippen LogP contribution in [0.1, 0.15) is 0 Å². The van der Waals surface area contributed by atoms with Crippen LogP contribution in [0.2, 0.25) is 0 Å². The van der Waals surface area contributed by atoms with Crippen molar-refractivity contribution in [2.75, 3.05) is 281 Å². The molecule has 21 aliphatic rings. The Bertz CT molecular complexity index is 2240. The molecule has 21 rings (SSSR count). The predicted octanol–water partition coefficient (Wildman–Crippen LogP) is -10.4. The van der Waals surface area contributed by atoms with Gasteiger partial charge in [0.25, 0.3) is 0 Å². The molecule has 742 valence electrons. The quantitative estimate of drug-likeness (QED) is 0.0252. The van der Waals surface area contributed by atoms with Gasteiger partial charge in [-0.2, -0.15) is 0 Å². The SMILES string of the molecule is CO[C@@H]1[C@@H](OCCO)[C@H]2O[C@H]3[C@H](OC)[C@@H](OCCO)[C@@H](O[C@H]4[C@@H](OC)[C@@H](OCCO)[C@@H](O[C@H]5[C@H](OC)[C@H](OCCO)[C@@H](O[C@H]6[C@@H](OC)[C@H](OCCO)[C@@H](O[C@H]7[C@H](OC)[C@@H](OCCO)[C@@H](O[C@H]8[C@H](OC)[C@@H](OCCO)[C@@H](O[C@@H]1[C@H](COCCO)O2)O[C@H]8COCCO)O[C@@H]7COCCO)O[C@@H]6COCCO)O[C@@H]5COCCO)O[C@@H]4COCCO)O[C@H]3COCCO. The Hall–Kier alpha value is -1.96. The van der Waals surface area contributed by atoms with Crippen LogP contribution in [0.15, 0.2) is 0 Å². The van der Waals surface area contributed by atoms with Gasteiger partial charge in [0.15, 0.2) is 44.0 Å². The van der Waals surface area contributed by atoms with Crippen molar-refractivity contribution in [3.8, 4) is 0 Å². The zero-order valence-electron chi connectivity index (χ0n) is 72.5. The van der Waals surface area contributed by atoms with E-state index in [1.165, 1.54) is 49.8 Å². The van der Waals surface area contributed by atoms with Crippen molar-refractivity contribution < 1.29 is 237 Å². The summed E-state index contributed by atoms with van der Waals surface area (Å²) in [7, 11) is 9.24. The molecule has 0 aromatic rings. The summed E-state index contributed by atoms with van der Waals surface area (Å²) in [5.41, 5.74) is 0. The van der Waals surface area contributed by atoms with Crippen LogP contribution >= 0.6 is 0 Å². The highest BCUT2D eigenvalue weighted by atomic mass is 16.8. The number of aliphatic hydroxyl groups is 14. The molecule has 21 heterocycles. The van der Waals surface area contributed by atoms with E-state index >= 15 is 0 Å². The van der Waals surface area contributed by atoms with Crippen molar-refractivity contribution in [3.63, 3.8) is 0 Å². The van der Waals surface area contributed by atoms with E-state index in [0.29, 0.717) is 0 Å². The average molecular weight is 1850 g/mol. The molecule has 0 spiro atoms. The Morgan fingerprint density at radius 1 is 0.151 bits per heavy atom. The number of methoxy groups -OCH3 is 7. The summed E-state index contributed by atoms with van der Waals surface area (Å²) in [6.07, 6.45) is -51.2. The van der Waals surface area contributed by atoms with Crippen LogP contribution in [0.3, 0.4) is 0 Å². The molecule has 14 bridgehead atoms. The molecule has 0 radical (unpaired) electrons. The van der Waals surface area contributed by atoms with Gasteiger partial charge in [-0.05, 0) is 0 Å². The van der Waals surface area contributed by atoms with Crippen LogP contribution in [-0.4, -0.2) is 567 Å². The second kappa shape index (κ2) is 61.2. The first-order valence-corrected chi connectivity index (χ1v) is 42.4. The van der Waals surface area contributed by atoms with Crippen molar-refractivity contribution in [2.24, 2.45) is 0 Å². The number of rotatable bonds is 56. The van der Waals surface area contributed by atoms with Gasteiger partial charge < -0.3 is 237 Å². The lowest BCUT2D eigenvalue weighted by Crippen LogP contribution is -2.69. The Morgan fingerprint density at radius 2 is 0.262 bits per heavy atom. The van der Waals surface area contributed by atoms with Crippen LogP contribution in [0.4, 0.5) is 0 Å². The molecule has 35 atom stereocenters. The highest BCUT2D eigenvalue weighted by Gasteiger charge is 2.63. The average Bonchev–Trinajstić information content (AvgIpc) is 0.771. The molecule has 21 saturated heterocycles. The maximum absolute atomic E-state index is 10.6. The molecule has 0 unspecified atom stereocenters. The van der Waals surface area contributed by atoms with Crippen molar-refractivity contribution >= 4 is 0 Å². The topological polar surface area (TPSA) is 606 Å². The first-order valence-electron chi connectivity index (χ1n) is 42.4. The van der Waals surface area contributed by atoms with Crippen LogP contribution in [-0.2, 0) is 166 Å². The van der Waals surface area contributed by atoms with Gasteiger partial charge in [0.2, 0.25) is 0 Å². The minimum atomic E-state index is -1.66. The first kappa shape index (κ1) is 109. The zero-order chi connectivity index (χ0) is 90.7. The third kappa shape index (κ3) is 30.3. The monoisotopic (exact) mass is 1850 g/mol. The van der Waals surface area contributed by atoms with E-state index in [1.807, 2.05) is 0 Å². The molecular weight excluding hydrogens is 1710 g/mol. The van der Waals surface area contributed by atoms with Crippen LogP contribution < -0.4 is 0 Å². The summed E-state index contributed by atoms with van der Waals surface area (Å²) in [6.45, 7) is -14.9. The minimum Gasteiger partial charge on any atom is -0.394 e. The van der Waals surface area contributed by atoms with Gasteiger partial charge in [-0.25, -0.2) is 0 Å². The van der Waals surface area contributed by atoms with Crippen molar-refractivity contribution in [2.45, 2.75) is 215 Å². The highest BCUT2D eigenvalue weighted by molar-refractivity contribution is 5.05. The third-order valence-electron chi connectivity index (χ3n) is 21.5. The summed E-state index contributed by atoms with van der Waals surface area (Å²) in [6, 6.07) is 0. The fraction of sp³-hybridized carbons (Fsp3) is 1.00. The predicted molar refractivity (Wildman–Crippen MR) is 413 cm³/mol. The number of ether oxygens (including phenoxy) is 35. The summed E-state index contributed by atoms with van der Waals surface area (Å²) in [4.78, 5) is 0. The van der Waals surface area contributed by atoms with Gasteiger partial charge in [-0.15, -0.1) is 0 Å². The van der Waals surface area contributed by atoms with Gasteiger partial charge in [0.05, 0.1) is 231 Å². The van der Waals surface area contributed by atoms with Gasteiger partial charge in [-0.1, -0.05) is 0 Å². The van der Waals surface area contributed by atoms with Gasteiger partial charge in [0.1, 0.15) is 171 Å². The van der Waals surface area contributed by atoms with Gasteiger partial charge in [0, 0.05) is 49.8 Å². The molecule has 21 aliphatic heterocycles. The molecule has 49 heteroatoms. The van der Waals surface area contributed by atoms with Crippen molar-refractivity contribution in [1.29, 1.82) is 0 Å². The summed E-state index contributed by atoms with van der Waals surface area (Å²) in [5, 5.41) is 146. The second-order valence-corrected chi connectivity index (χ2v) is 29.4. The maximum atomic E-state index is 10.6. The maximum Gasteiger partial charge on any atom is 0.187 e. The number of hydrogen-bond donors (Lipinski definition) is 14. The summed E-state index contributed by atoms with van der Waals surface area (Å²) < 4.78 is 231. The Labute approximate surface area is 731 Å². The molecule has 0 aromatic carbocycles. The van der Waals surface area contributed by atoms with Gasteiger partial charge >= 0.3 is 0 Å². The zero-order valence-corrected chi connectivity index (χ0v) is 72.5. The smallest absolute Gasteiger partial charge is 0.187 e. The molecular formula is C77H140O49. The van der Waals surface area contributed by atoms with E-state index < -0.39 is 400 Å². The van der Waals surface area contributed by atoms with E-state index in [4.69, 9.17) is 166 Å². The van der Waals surface area contributed by atoms with E-state index in [1.54, 1.807) is 0 Å². The van der Waals surface area contributed by atoms with E-state index in [9.17, 15) is 71.5 Å². The molecule has 126 heavy (non-hydrogen) atoms. The summed E-state index contributed by atoms with van der Waals surface area (Å²) >= 11 is 0. The van der Waals surface area contributed by atoms with Crippen molar-refractivity contribution in [1.82, 2.24) is 0 Å². The van der Waals surface area contributed by atoms with Crippen LogP contribution in [0, 0.1) is 0 Å². The first-order chi connectivity index (χ1) is 61.7. The van der Waals surface area contributed by atoms with E-state index in [2.05, 4.69) is 0 Å². The van der Waals surface area contributed by atoms with Crippen LogP contribution in [0.5, 0.6) is 0 Å². The Balaban J connectivity index is 1.38. The lowest BCUT2D eigenvalue weighted by atomic mass is 9.94. The normalized spacial score (nSPS) is 38.5. The fourth-order valence-corrected chi connectivity index (χ4v) is 16.4. The Morgan fingerprint density at radius 3 is 0.357 bits per heavy atom. The van der Waals surface area contributed by atoms with Crippen molar-refractivity contribution in [3.05, 3.63) is 0 Å². The molecule has 0 amide bonds. The van der Waals surface area contributed by atoms with E-state index in [0.717, 1.165) is 0 Å². The second-order valence-electron chi connectivity index (χ2n) is 29.4. The van der Waals surface area contributed by atoms with Gasteiger partial charge in [-0.3, -0.25) is 0 Å². The minimum absolute atomic E-state index is 0.257. The molecule has 21 fully saturated rings. The molecule has 0 aromatic heterocycles. The largest absolute Gasteiger partial charge is 0.394 e. The third-order valence-corrected chi connectivity index (χ3v) is 21.5. The van der Waals surface area contributed by atoms with E-state index in [-0.39, 0.29) is 46.2 Å². The number of aliphatic hydroxyl groups excluding tert-OH is 14. The summed E-state index contributed by atoms with van der Waals surface area (Å²) in [5.74, 6) is 0. The molecule has 0 saturated carbocycles. The highest BCUT2D eigenvalue weighted by Crippen LogP contribution is 2.44. The fourth-order valence-electron chi connectivity index (χ4n) is 16.4. The standard InChI is InChI=1S/C77H140O49/c1-92-57-50-43(36-99-22-8-78)113-71(64(57)106-29-15-85)121-51-44(37-100-23-9-79)115-73(66(58(51)93-2)108-31-17-87)123-53-46(39-102-25-11-81)117-75(68(60(53)95-4)110-33-19-89)125-55-48(41-104-27-13-83)119-77(70(62(55)97-6)112-35-21-91)126-56-49(42-105-28-14-84)118-76(69(63(56)98-7)111-34-20-90)124-54-47(40-103-26-12-82)116-74(67(61(54)96-5)109-32-18-88)122-52-45(38-101-24-10-80)114-72(120-50)65(59(52)94-3)107-30-16-86/h43-91H,8-42H2,1-7H3/t43-,44-,45-,46-,47+,48+,49+,50-,51-,52-,53-,54-,55-,56-,57+,58-,59-,60+,61+,62+,63+,64+,65-,66+,67-,68-,69-,70-,71-,72-,73-,74-,75-,76-,77-/m1/s1. The molecule has 49 nitrogen and oxygen atoms in total. The lowest BCUT2D eigenvalue weighted by Gasteiger charge is -2.53. The molecule has 14 N–H and O–H groups in total. The Kier molecular flexibility index (Phi) is 53.1. The van der Waals surface area contributed by atoms with Crippen LogP contribution in [0.25, 0.3) is 0 Å². The lowest BCUT2D eigenvalue weighted by molar-refractivity contribution is -0.406. The molecule has 0 aliphatic carbocycles.